The zero-order valence-electron chi connectivity index (χ0n) is 17.4. The first-order chi connectivity index (χ1) is 15.2. The third-order valence-corrected chi connectivity index (χ3v) is 6.66. The van der Waals surface area contributed by atoms with E-state index in [1.54, 1.807) is 43.3 Å². The van der Waals surface area contributed by atoms with Gasteiger partial charge in [-0.15, -0.1) is 0 Å². The molecule has 1 amide bonds. The average molecular weight is 474 g/mol. The van der Waals surface area contributed by atoms with E-state index in [0.717, 1.165) is 27.6 Å². The second-order valence-corrected chi connectivity index (χ2v) is 9.34. The first kappa shape index (κ1) is 23.4. The van der Waals surface area contributed by atoms with Crippen LogP contribution in [0.15, 0.2) is 82.8 Å². The number of amides is 1. The van der Waals surface area contributed by atoms with Crippen LogP contribution in [0.2, 0.25) is 5.02 Å². The summed E-state index contributed by atoms with van der Waals surface area (Å²) < 4.78 is 40.8. The van der Waals surface area contributed by atoms with Crippen LogP contribution < -0.4 is 9.73 Å². The van der Waals surface area contributed by atoms with Gasteiger partial charge >= 0.3 is 0 Å². The predicted octanol–water partition coefficient (Wildman–Crippen LogP) is 4.52. The Hall–Kier alpha value is -3.23. The van der Waals surface area contributed by atoms with Crippen molar-refractivity contribution in [2.45, 2.75) is 18.7 Å². The SMILES string of the molecule is C/C(=N/NC(=O)CN(c1ccc(F)cc1)S(=O)(=O)c1ccc(C)cc1)c1ccc(Cl)cc1. The monoisotopic (exact) mass is 473 g/mol. The molecule has 0 aromatic heterocycles. The largest absolute Gasteiger partial charge is 0.271 e. The second-order valence-electron chi connectivity index (χ2n) is 7.04. The number of benzene rings is 3. The van der Waals surface area contributed by atoms with Gasteiger partial charge in [-0.05, 0) is 67.9 Å². The van der Waals surface area contributed by atoms with Crippen LogP contribution in [-0.2, 0) is 14.8 Å². The molecule has 32 heavy (non-hydrogen) atoms. The van der Waals surface area contributed by atoms with Crippen LogP contribution in [0.3, 0.4) is 0 Å². The highest BCUT2D eigenvalue weighted by atomic mass is 35.5. The van der Waals surface area contributed by atoms with Crippen LogP contribution in [0.1, 0.15) is 18.1 Å². The number of aryl methyl sites for hydroxylation is 1. The standard InChI is InChI=1S/C23H21ClFN3O3S/c1-16-3-13-22(14-4-16)32(30,31)28(21-11-9-20(25)10-12-21)15-23(29)27-26-17(2)18-5-7-19(24)8-6-18/h3-14H,15H2,1-2H3,(H,27,29)/b26-17-. The summed E-state index contributed by atoms with van der Waals surface area (Å²) in [5, 5.41) is 4.61. The van der Waals surface area contributed by atoms with E-state index in [9.17, 15) is 17.6 Å². The summed E-state index contributed by atoms with van der Waals surface area (Å²) in [6.45, 7) is 2.99. The lowest BCUT2D eigenvalue weighted by atomic mass is 10.1. The van der Waals surface area contributed by atoms with Crippen LogP contribution in [-0.4, -0.2) is 26.6 Å². The minimum atomic E-state index is -4.09. The molecule has 0 radical (unpaired) electrons. The van der Waals surface area contributed by atoms with Crippen molar-refractivity contribution in [3.8, 4) is 0 Å². The minimum Gasteiger partial charge on any atom is -0.271 e. The van der Waals surface area contributed by atoms with Gasteiger partial charge in [-0.1, -0.05) is 41.4 Å². The molecule has 6 nitrogen and oxygen atoms in total. The molecule has 0 aliphatic heterocycles. The van der Waals surface area contributed by atoms with Crippen molar-refractivity contribution < 1.29 is 17.6 Å². The molecule has 1 N–H and O–H groups in total. The number of sulfonamides is 1. The number of anilines is 1. The highest BCUT2D eigenvalue weighted by molar-refractivity contribution is 7.92. The van der Waals surface area contributed by atoms with Crippen LogP contribution in [0.25, 0.3) is 0 Å². The zero-order valence-corrected chi connectivity index (χ0v) is 19.0. The summed E-state index contributed by atoms with van der Waals surface area (Å²) >= 11 is 5.88. The Morgan fingerprint density at radius 1 is 1.00 bits per heavy atom. The second kappa shape index (κ2) is 9.93. The molecule has 0 saturated carbocycles. The Balaban J connectivity index is 1.86. The number of hydrogen-bond donors (Lipinski definition) is 1. The lowest BCUT2D eigenvalue weighted by molar-refractivity contribution is -0.119. The van der Waals surface area contributed by atoms with Crippen LogP contribution in [0, 0.1) is 12.7 Å². The van der Waals surface area contributed by atoms with E-state index >= 15 is 0 Å². The van der Waals surface area contributed by atoms with E-state index in [1.807, 2.05) is 6.92 Å². The molecule has 0 unspecified atom stereocenters. The lowest BCUT2D eigenvalue weighted by Crippen LogP contribution is -2.39. The Morgan fingerprint density at radius 2 is 1.59 bits per heavy atom. The van der Waals surface area contributed by atoms with Crippen molar-refractivity contribution in [2.24, 2.45) is 5.10 Å². The molecule has 0 aliphatic rings. The highest BCUT2D eigenvalue weighted by Gasteiger charge is 2.27. The maximum Gasteiger partial charge on any atom is 0.264 e. The van der Waals surface area contributed by atoms with E-state index in [0.29, 0.717) is 10.7 Å². The first-order valence-electron chi connectivity index (χ1n) is 9.61. The Morgan fingerprint density at radius 3 is 2.19 bits per heavy atom. The number of nitrogens with zero attached hydrogens (tertiary/aromatic N) is 2. The topological polar surface area (TPSA) is 78.8 Å². The van der Waals surface area contributed by atoms with E-state index < -0.39 is 28.3 Å². The fraction of sp³-hybridized carbons (Fsp3) is 0.130. The maximum absolute atomic E-state index is 13.4. The summed E-state index contributed by atoms with van der Waals surface area (Å²) in [5.74, 6) is -1.17. The summed E-state index contributed by atoms with van der Waals surface area (Å²) in [5.41, 5.74) is 4.69. The molecule has 0 saturated heterocycles. The predicted molar refractivity (Wildman–Crippen MR) is 124 cm³/mol. The van der Waals surface area contributed by atoms with Crippen LogP contribution >= 0.6 is 11.6 Å². The Kier molecular flexibility index (Phi) is 7.27. The van der Waals surface area contributed by atoms with Gasteiger partial charge in [-0.2, -0.15) is 5.10 Å². The molecular formula is C23H21ClFN3O3S. The first-order valence-corrected chi connectivity index (χ1v) is 11.4. The molecule has 0 atom stereocenters. The minimum absolute atomic E-state index is 0.0149. The van der Waals surface area contributed by atoms with Crippen LogP contribution in [0.5, 0.6) is 0 Å². The number of carbonyl (C=O) groups is 1. The lowest BCUT2D eigenvalue weighted by Gasteiger charge is -2.23. The van der Waals surface area contributed by atoms with Crippen molar-refractivity contribution in [1.29, 1.82) is 0 Å². The molecule has 0 aliphatic carbocycles. The fourth-order valence-corrected chi connectivity index (χ4v) is 4.37. The maximum atomic E-state index is 13.4. The molecule has 3 aromatic rings. The van der Waals surface area contributed by atoms with Crippen molar-refractivity contribution >= 4 is 38.9 Å². The molecule has 3 aromatic carbocycles. The van der Waals surface area contributed by atoms with Crippen molar-refractivity contribution in [2.75, 3.05) is 10.8 Å². The molecule has 3 rings (SSSR count). The Labute approximate surface area is 191 Å². The summed E-state index contributed by atoms with van der Waals surface area (Å²) in [6, 6.07) is 18.0. The number of carbonyl (C=O) groups excluding carboxylic acids is 1. The van der Waals surface area contributed by atoms with Gasteiger partial charge in [0.15, 0.2) is 0 Å². The summed E-state index contributed by atoms with van der Waals surface area (Å²) in [6.07, 6.45) is 0. The molecule has 166 valence electrons. The van der Waals surface area contributed by atoms with Crippen molar-refractivity contribution in [1.82, 2.24) is 5.43 Å². The third kappa shape index (κ3) is 5.72. The third-order valence-electron chi connectivity index (χ3n) is 4.62. The molecule has 0 fully saturated rings. The summed E-state index contributed by atoms with van der Waals surface area (Å²) in [7, 11) is -4.09. The van der Waals surface area contributed by atoms with Gasteiger partial charge in [-0.3, -0.25) is 9.10 Å². The zero-order chi connectivity index (χ0) is 23.3. The van der Waals surface area contributed by atoms with Gasteiger partial charge in [0.25, 0.3) is 15.9 Å². The van der Waals surface area contributed by atoms with Gasteiger partial charge in [0.2, 0.25) is 0 Å². The molecule has 0 spiro atoms. The van der Waals surface area contributed by atoms with E-state index in [4.69, 9.17) is 11.6 Å². The summed E-state index contributed by atoms with van der Waals surface area (Å²) in [4.78, 5) is 12.6. The van der Waals surface area contributed by atoms with Crippen molar-refractivity contribution in [3.63, 3.8) is 0 Å². The van der Waals surface area contributed by atoms with Crippen LogP contribution in [0.4, 0.5) is 10.1 Å². The van der Waals surface area contributed by atoms with Gasteiger partial charge < -0.3 is 0 Å². The fourth-order valence-electron chi connectivity index (χ4n) is 2.83. The van der Waals surface area contributed by atoms with E-state index in [2.05, 4.69) is 10.5 Å². The normalized spacial score (nSPS) is 11.8. The number of hydrogen-bond acceptors (Lipinski definition) is 4. The van der Waals surface area contributed by atoms with Gasteiger partial charge in [0.1, 0.15) is 12.4 Å². The molecular weight excluding hydrogens is 453 g/mol. The van der Waals surface area contributed by atoms with Crippen molar-refractivity contribution in [3.05, 3.63) is 94.8 Å². The van der Waals surface area contributed by atoms with E-state index in [-0.39, 0.29) is 10.6 Å². The quantitative estimate of drug-likeness (QED) is 0.404. The molecule has 0 heterocycles. The van der Waals surface area contributed by atoms with E-state index in [1.165, 1.54) is 24.3 Å². The Bertz CT molecular complexity index is 1230. The molecule has 0 bridgehead atoms. The number of halogens is 2. The number of nitrogens with one attached hydrogen (secondary N) is 1. The highest BCUT2D eigenvalue weighted by Crippen LogP contribution is 2.24. The molecule has 9 heteroatoms. The van der Waals surface area contributed by atoms with Gasteiger partial charge in [0.05, 0.1) is 16.3 Å². The van der Waals surface area contributed by atoms with Gasteiger partial charge in [-0.25, -0.2) is 18.2 Å². The van der Waals surface area contributed by atoms with Gasteiger partial charge in [0, 0.05) is 5.02 Å². The smallest absolute Gasteiger partial charge is 0.264 e. The average Bonchev–Trinajstić information content (AvgIpc) is 2.77. The number of hydrazone groups is 1. The number of rotatable bonds is 7.